The van der Waals surface area contributed by atoms with E-state index in [1.54, 1.807) is 0 Å². The summed E-state index contributed by atoms with van der Waals surface area (Å²) in [6, 6.07) is 0. The van der Waals surface area contributed by atoms with E-state index in [1.807, 2.05) is 13.8 Å². The van der Waals surface area contributed by atoms with Gasteiger partial charge in [-0.2, -0.15) is 0 Å². The SMILES string of the molecule is CC1(C)OC[C@H](CCN)O1.CCCCCCC[N+](=O)[O-]. The molecule has 0 bridgehead atoms. The molecule has 1 aliphatic heterocycles. The van der Waals surface area contributed by atoms with E-state index in [2.05, 4.69) is 6.92 Å². The van der Waals surface area contributed by atoms with E-state index in [-0.39, 0.29) is 23.4 Å². The Balaban J connectivity index is 0.000000361. The van der Waals surface area contributed by atoms with Gasteiger partial charge in [0.25, 0.3) is 0 Å². The summed E-state index contributed by atoms with van der Waals surface area (Å²) in [6.45, 7) is 7.47. The molecule has 1 atom stereocenters. The Kier molecular flexibility index (Phi) is 10.6. The molecule has 1 saturated heterocycles. The molecule has 120 valence electrons. The lowest BCUT2D eigenvalue weighted by atomic mass is 10.2. The average Bonchev–Trinajstić information content (AvgIpc) is 2.69. The van der Waals surface area contributed by atoms with Crippen molar-refractivity contribution in [2.45, 2.75) is 71.2 Å². The molecule has 0 amide bonds. The van der Waals surface area contributed by atoms with Crippen molar-refractivity contribution >= 4 is 0 Å². The number of unbranched alkanes of at least 4 members (excludes halogenated alkanes) is 4. The molecule has 2 N–H and O–H groups in total. The van der Waals surface area contributed by atoms with E-state index in [0.29, 0.717) is 13.2 Å². The number of nitro groups is 1. The Hall–Kier alpha value is -0.720. The summed E-state index contributed by atoms with van der Waals surface area (Å²) in [7, 11) is 0. The fourth-order valence-corrected chi connectivity index (χ4v) is 1.94. The van der Waals surface area contributed by atoms with Crippen molar-refractivity contribution in [2.24, 2.45) is 5.73 Å². The molecule has 6 heteroatoms. The Morgan fingerprint density at radius 2 is 1.95 bits per heavy atom. The lowest BCUT2D eigenvalue weighted by Gasteiger charge is -2.16. The van der Waals surface area contributed by atoms with Crippen LogP contribution in [-0.4, -0.2) is 36.5 Å². The molecule has 1 heterocycles. The molecule has 0 saturated carbocycles. The van der Waals surface area contributed by atoms with Crippen LogP contribution in [-0.2, 0) is 9.47 Å². The van der Waals surface area contributed by atoms with Crippen molar-refractivity contribution in [3.8, 4) is 0 Å². The van der Waals surface area contributed by atoms with Gasteiger partial charge < -0.3 is 15.2 Å². The normalized spacial score (nSPS) is 20.3. The molecule has 20 heavy (non-hydrogen) atoms. The first-order valence-corrected chi connectivity index (χ1v) is 7.55. The zero-order valence-corrected chi connectivity index (χ0v) is 13.1. The molecule has 1 aliphatic rings. The standard InChI is InChI=1S/2C7H15NO2/c1-7(2)9-5-6(10-7)3-4-8;1-2-3-4-5-6-7-8(9)10/h6H,3-5,8H2,1-2H3;2-7H2,1H3/t6-;/m0./s1. The Morgan fingerprint density at radius 1 is 1.30 bits per heavy atom. The first kappa shape index (κ1) is 19.3. The summed E-state index contributed by atoms with van der Waals surface area (Å²) in [6.07, 6.45) is 6.39. The maximum atomic E-state index is 9.84. The van der Waals surface area contributed by atoms with Crippen LogP contribution in [0.4, 0.5) is 0 Å². The van der Waals surface area contributed by atoms with Gasteiger partial charge in [-0.05, 0) is 33.2 Å². The van der Waals surface area contributed by atoms with E-state index in [0.717, 1.165) is 25.7 Å². The van der Waals surface area contributed by atoms with Gasteiger partial charge in [0, 0.05) is 11.3 Å². The fourth-order valence-electron chi connectivity index (χ4n) is 1.94. The summed E-state index contributed by atoms with van der Waals surface area (Å²) in [5.41, 5.74) is 5.36. The van der Waals surface area contributed by atoms with Gasteiger partial charge in [0.1, 0.15) is 0 Å². The zero-order valence-electron chi connectivity index (χ0n) is 13.1. The smallest absolute Gasteiger partial charge is 0.203 e. The summed E-state index contributed by atoms with van der Waals surface area (Å²) >= 11 is 0. The van der Waals surface area contributed by atoms with Crippen LogP contribution in [0.2, 0.25) is 0 Å². The van der Waals surface area contributed by atoms with Crippen LogP contribution in [0.1, 0.15) is 59.3 Å². The first-order valence-electron chi connectivity index (χ1n) is 7.55. The van der Waals surface area contributed by atoms with Crippen LogP contribution >= 0.6 is 0 Å². The van der Waals surface area contributed by atoms with E-state index in [4.69, 9.17) is 15.2 Å². The molecule has 1 fully saturated rings. The molecule has 1 rings (SSSR count). The topological polar surface area (TPSA) is 87.6 Å². The molecule has 0 aromatic carbocycles. The second kappa shape index (κ2) is 11.0. The van der Waals surface area contributed by atoms with Crippen LogP contribution in [0, 0.1) is 10.1 Å². The van der Waals surface area contributed by atoms with Gasteiger partial charge in [-0.1, -0.05) is 26.2 Å². The number of nitrogens with zero attached hydrogens (tertiary/aromatic N) is 1. The zero-order chi connectivity index (χ0) is 15.4. The molecule has 0 aliphatic carbocycles. The molecule has 0 spiro atoms. The summed E-state index contributed by atoms with van der Waals surface area (Å²) in [4.78, 5) is 9.59. The quantitative estimate of drug-likeness (QED) is 0.422. The molecular weight excluding hydrogens is 260 g/mol. The summed E-state index contributed by atoms with van der Waals surface area (Å²) in [5, 5.41) is 9.84. The van der Waals surface area contributed by atoms with Gasteiger partial charge in [-0.15, -0.1) is 0 Å². The number of rotatable bonds is 8. The average molecular weight is 290 g/mol. The van der Waals surface area contributed by atoms with Crippen LogP contribution in [0.5, 0.6) is 0 Å². The number of ether oxygens (including phenoxy) is 2. The highest BCUT2D eigenvalue weighted by Gasteiger charge is 2.31. The molecule has 0 aromatic rings. The van der Waals surface area contributed by atoms with Crippen molar-refractivity contribution < 1.29 is 14.4 Å². The molecule has 0 radical (unpaired) electrons. The van der Waals surface area contributed by atoms with Crippen molar-refractivity contribution in [1.29, 1.82) is 0 Å². The minimum Gasteiger partial charge on any atom is -0.348 e. The van der Waals surface area contributed by atoms with Gasteiger partial charge in [-0.25, -0.2) is 0 Å². The number of hydrogen-bond acceptors (Lipinski definition) is 5. The maximum Gasteiger partial charge on any atom is 0.203 e. The summed E-state index contributed by atoms with van der Waals surface area (Å²) in [5.74, 6) is -0.389. The van der Waals surface area contributed by atoms with E-state index < -0.39 is 0 Å². The van der Waals surface area contributed by atoms with Crippen LogP contribution in [0.15, 0.2) is 0 Å². The minimum absolute atomic E-state index is 0.143. The Morgan fingerprint density at radius 3 is 2.40 bits per heavy atom. The highest BCUT2D eigenvalue weighted by Crippen LogP contribution is 2.23. The predicted molar refractivity (Wildman–Crippen MR) is 79.2 cm³/mol. The molecular formula is C14H30N2O4. The highest BCUT2D eigenvalue weighted by molar-refractivity contribution is 4.70. The van der Waals surface area contributed by atoms with Gasteiger partial charge in [0.2, 0.25) is 6.54 Å². The van der Waals surface area contributed by atoms with Crippen molar-refractivity contribution in [3.63, 3.8) is 0 Å². The van der Waals surface area contributed by atoms with Crippen molar-refractivity contribution in [3.05, 3.63) is 10.1 Å². The molecule has 6 nitrogen and oxygen atoms in total. The largest absolute Gasteiger partial charge is 0.348 e. The van der Waals surface area contributed by atoms with Gasteiger partial charge in [-0.3, -0.25) is 10.1 Å². The fraction of sp³-hybridized carbons (Fsp3) is 1.00. The molecule has 0 unspecified atom stereocenters. The van der Waals surface area contributed by atoms with E-state index >= 15 is 0 Å². The predicted octanol–water partition coefficient (Wildman–Crippen LogP) is 2.72. The first-order chi connectivity index (χ1) is 9.41. The van der Waals surface area contributed by atoms with Crippen molar-refractivity contribution in [1.82, 2.24) is 0 Å². The van der Waals surface area contributed by atoms with Gasteiger partial charge in [0.05, 0.1) is 12.7 Å². The van der Waals surface area contributed by atoms with E-state index in [1.165, 1.54) is 12.8 Å². The lowest BCUT2D eigenvalue weighted by Crippen LogP contribution is -2.22. The van der Waals surface area contributed by atoms with Crippen LogP contribution < -0.4 is 5.73 Å². The maximum absolute atomic E-state index is 9.84. The van der Waals surface area contributed by atoms with Crippen LogP contribution in [0.3, 0.4) is 0 Å². The Bertz CT molecular complexity index is 260. The van der Waals surface area contributed by atoms with Gasteiger partial charge >= 0.3 is 0 Å². The van der Waals surface area contributed by atoms with E-state index in [9.17, 15) is 10.1 Å². The Labute approximate surface area is 122 Å². The highest BCUT2D eigenvalue weighted by atomic mass is 16.7. The summed E-state index contributed by atoms with van der Waals surface area (Å²) < 4.78 is 10.8. The second-order valence-electron chi connectivity index (χ2n) is 5.50. The monoisotopic (exact) mass is 290 g/mol. The number of nitrogens with two attached hydrogens (primary N) is 1. The lowest BCUT2D eigenvalue weighted by molar-refractivity contribution is -0.480. The third-order valence-corrected chi connectivity index (χ3v) is 3.00. The van der Waals surface area contributed by atoms with Crippen molar-refractivity contribution in [2.75, 3.05) is 19.7 Å². The third-order valence-electron chi connectivity index (χ3n) is 3.00. The number of hydrogen-bond donors (Lipinski definition) is 1. The second-order valence-corrected chi connectivity index (χ2v) is 5.50. The minimum atomic E-state index is -0.389. The van der Waals surface area contributed by atoms with Crippen LogP contribution in [0.25, 0.3) is 0 Å². The molecule has 0 aromatic heterocycles. The third kappa shape index (κ3) is 11.1. The van der Waals surface area contributed by atoms with Gasteiger partial charge in [0.15, 0.2) is 5.79 Å².